The van der Waals surface area contributed by atoms with Gasteiger partial charge in [-0.05, 0) is 87.8 Å². The molecular weight excluding hydrogens is 1060 g/mol. The summed E-state index contributed by atoms with van der Waals surface area (Å²) >= 11 is 12.6. The van der Waals surface area contributed by atoms with Gasteiger partial charge in [-0.1, -0.05) is 139 Å². The lowest BCUT2D eigenvalue weighted by Crippen LogP contribution is -2.62. The minimum atomic E-state index is -1.99. The molecule has 0 radical (unpaired) electrons. The van der Waals surface area contributed by atoms with Crippen molar-refractivity contribution in [2.24, 2.45) is 0 Å². The Hall–Kier alpha value is -6.43. The number of rotatable bonds is 32. The van der Waals surface area contributed by atoms with E-state index in [0.717, 1.165) is 12.8 Å². The topological polar surface area (TPSA) is 270 Å². The van der Waals surface area contributed by atoms with Gasteiger partial charge in [0.1, 0.15) is 47.0 Å². The number of carbonyl (C=O) groups is 1. The Bertz CT molecular complexity index is 2390. The van der Waals surface area contributed by atoms with Crippen molar-refractivity contribution in [1.82, 2.24) is 9.80 Å². The predicted molar refractivity (Wildman–Crippen MR) is 283 cm³/mol. The zero-order valence-electron chi connectivity index (χ0n) is 44.8. The molecule has 8 atom stereocenters. The maximum atomic E-state index is 15.5. The predicted octanol–water partition coefficient (Wildman–Crippen LogP) is 13.0. The first-order valence-corrected chi connectivity index (χ1v) is 27.4. The molecule has 2 fully saturated rings. The number of hydrogen-bond donors (Lipinski definition) is 0. The SMILES string of the molecule is CCCCCC(O[N+](=O)[O-])N1C=C2C(=C(OC(=O)OC3=C4COC(c5ccc(Cl)cc5)C4=CN(C(CCCCC)O[N+](=O)[O-])C3(C)C(CCCCC)O[N+](=O)[O-])C1(C)C(CCCCC)O[N+](=O)[O-])COC2c1ccc(Cl)cc1. The highest BCUT2D eigenvalue weighted by molar-refractivity contribution is 6.30. The largest absolute Gasteiger partial charge is 0.518 e. The second kappa shape index (κ2) is 27.9. The van der Waals surface area contributed by atoms with Gasteiger partial charge in [0, 0.05) is 44.7 Å². The smallest absolute Gasteiger partial charge is 0.396 e. The van der Waals surface area contributed by atoms with E-state index in [1.807, 2.05) is 27.7 Å². The summed E-state index contributed by atoms with van der Waals surface area (Å²) in [5.74, 6) is -0.574. The highest BCUT2D eigenvalue weighted by atomic mass is 35.5. The van der Waals surface area contributed by atoms with Crippen LogP contribution in [0.4, 0.5) is 4.79 Å². The van der Waals surface area contributed by atoms with Crippen molar-refractivity contribution in [3.05, 3.63) is 156 Å². The first kappa shape index (κ1) is 60.8. The molecule has 78 heavy (non-hydrogen) atoms. The molecule has 2 saturated heterocycles. The molecule has 23 nitrogen and oxygen atoms in total. The van der Waals surface area contributed by atoms with Crippen molar-refractivity contribution in [3.63, 3.8) is 0 Å². The molecule has 4 aliphatic rings. The van der Waals surface area contributed by atoms with Gasteiger partial charge in [-0.15, -0.1) is 40.5 Å². The molecule has 428 valence electrons. The maximum absolute atomic E-state index is 15.5. The molecule has 25 heteroatoms. The van der Waals surface area contributed by atoms with Crippen molar-refractivity contribution in [3.8, 4) is 0 Å². The average molecular weight is 1130 g/mol. The molecule has 0 saturated carbocycles. The molecule has 0 spiro atoms. The Morgan fingerprint density at radius 2 is 0.872 bits per heavy atom. The van der Waals surface area contributed by atoms with E-state index in [2.05, 4.69) is 0 Å². The van der Waals surface area contributed by atoms with Crippen LogP contribution in [0.25, 0.3) is 0 Å². The standard InChI is InChI=1S/C53H70Cl2N6O17/c1-7-11-15-19-43(75-58(63)64)52(5)49(41-33-71-47(35-23-27-37(54)28-24-35)39(41)31-56(52)45(77-60(67)68)21-17-13-9-3)73-51(62)74-50-42-34-72-48(36-25-29-38(55)30-26-36)40(42)32-57(46(78-61(69)70)22-18-14-10-4)53(50,6)44(76-59(65)66)20-16-12-8-2/h23-32,43-48H,7-22,33-34H2,1-6H3. The fourth-order valence-electron chi connectivity index (χ4n) is 10.9. The molecule has 0 N–H and O–H groups in total. The number of carbonyl (C=O) groups excluding carboxylic acids is 1. The van der Waals surface area contributed by atoms with Gasteiger partial charge in [0.15, 0.2) is 12.5 Å². The summed E-state index contributed by atoms with van der Waals surface area (Å²) in [6.07, 6.45) is 0.914. The van der Waals surface area contributed by atoms with E-state index >= 15 is 4.79 Å². The van der Waals surface area contributed by atoms with Gasteiger partial charge in [-0.3, -0.25) is 9.68 Å². The van der Waals surface area contributed by atoms with Crippen LogP contribution in [0.3, 0.4) is 0 Å². The fraction of sp³-hybridized carbons (Fsp3) is 0.604. The van der Waals surface area contributed by atoms with Gasteiger partial charge in [-0.25, -0.2) is 4.79 Å². The van der Waals surface area contributed by atoms with Gasteiger partial charge in [0.25, 0.3) is 20.3 Å². The van der Waals surface area contributed by atoms with Crippen LogP contribution in [0, 0.1) is 40.5 Å². The molecule has 0 bridgehead atoms. The van der Waals surface area contributed by atoms with Crippen molar-refractivity contribution >= 4 is 29.4 Å². The van der Waals surface area contributed by atoms with Gasteiger partial charge in [0.2, 0.25) is 0 Å². The first-order chi connectivity index (χ1) is 37.3. The molecule has 8 unspecified atom stereocenters. The Morgan fingerprint density at radius 3 is 1.18 bits per heavy atom. The van der Waals surface area contributed by atoms with E-state index in [9.17, 15) is 40.5 Å². The third-order valence-electron chi connectivity index (χ3n) is 14.8. The number of nitrogens with zero attached hydrogens (tertiary/aromatic N) is 6. The molecule has 2 aromatic rings. The van der Waals surface area contributed by atoms with Crippen LogP contribution >= 0.6 is 23.2 Å². The van der Waals surface area contributed by atoms with Crippen LogP contribution in [0.1, 0.15) is 168 Å². The Labute approximate surface area is 462 Å². The number of fused-ring (bicyclic) bond motifs is 2. The van der Waals surface area contributed by atoms with Crippen molar-refractivity contribution in [1.29, 1.82) is 0 Å². The summed E-state index contributed by atoms with van der Waals surface area (Å²) < 4.78 is 26.0. The lowest BCUT2D eigenvalue weighted by molar-refractivity contribution is -0.779. The third-order valence-corrected chi connectivity index (χ3v) is 15.3. The molecule has 0 amide bonds. The van der Waals surface area contributed by atoms with Crippen LogP contribution in [-0.2, 0) is 38.3 Å². The van der Waals surface area contributed by atoms with Crippen LogP contribution in [0.15, 0.2) is 94.7 Å². The van der Waals surface area contributed by atoms with Gasteiger partial charge < -0.3 is 38.4 Å². The maximum Gasteiger partial charge on any atom is 0.518 e. The van der Waals surface area contributed by atoms with Crippen molar-refractivity contribution in [2.45, 2.75) is 192 Å². The number of benzene rings is 2. The zero-order valence-corrected chi connectivity index (χ0v) is 46.4. The molecule has 6 rings (SSSR count). The quantitative estimate of drug-likeness (QED) is 0.0285. The van der Waals surface area contributed by atoms with Crippen LogP contribution < -0.4 is 0 Å². The van der Waals surface area contributed by atoms with E-state index in [4.69, 9.17) is 61.5 Å². The normalized spacial score (nSPS) is 22.3. The number of unbranched alkanes of at least 4 members (excludes halogenated alkanes) is 8. The van der Waals surface area contributed by atoms with E-state index in [1.54, 1.807) is 60.9 Å². The van der Waals surface area contributed by atoms with Gasteiger partial charge in [0.05, 0.1) is 13.2 Å². The summed E-state index contributed by atoms with van der Waals surface area (Å²) in [6.45, 7) is 10.3. The minimum absolute atomic E-state index is 0.0186. The van der Waals surface area contributed by atoms with Crippen LogP contribution in [0.2, 0.25) is 10.0 Å². The highest BCUT2D eigenvalue weighted by Crippen LogP contribution is 2.53. The third kappa shape index (κ3) is 14.2. The summed E-state index contributed by atoms with van der Waals surface area (Å²) in [6, 6.07) is 13.5. The Morgan fingerprint density at radius 1 is 0.551 bits per heavy atom. The second-order valence-electron chi connectivity index (χ2n) is 20.0. The van der Waals surface area contributed by atoms with E-state index in [1.165, 1.54) is 23.6 Å². The van der Waals surface area contributed by atoms with Crippen molar-refractivity contribution in [2.75, 3.05) is 13.2 Å². The molecular formula is C53H70Cl2N6O17. The lowest BCUT2D eigenvalue weighted by atomic mass is 9.79. The molecule has 0 aromatic heterocycles. The fourth-order valence-corrected chi connectivity index (χ4v) is 11.1. The van der Waals surface area contributed by atoms with Crippen LogP contribution in [0.5, 0.6) is 0 Å². The van der Waals surface area contributed by atoms with Gasteiger partial charge >= 0.3 is 6.16 Å². The van der Waals surface area contributed by atoms with E-state index in [0.29, 0.717) is 96.5 Å². The van der Waals surface area contributed by atoms with E-state index in [-0.39, 0.29) is 61.6 Å². The van der Waals surface area contributed by atoms with Gasteiger partial charge in [-0.2, -0.15) is 0 Å². The van der Waals surface area contributed by atoms with Crippen LogP contribution in [-0.4, -0.2) is 85.3 Å². The molecule has 2 aromatic carbocycles. The zero-order chi connectivity index (χ0) is 56.7. The second-order valence-corrected chi connectivity index (χ2v) is 20.9. The Kier molecular flexibility index (Phi) is 21.8. The summed E-state index contributed by atoms with van der Waals surface area (Å²) in [4.78, 5) is 90.7. The molecule has 4 aliphatic heterocycles. The first-order valence-electron chi connectivity index (χ1n) is 26.7. The van der Waals surface area contributed by atoms with Crippen molar-refractivity contribution < 1.29 is 63.4 Å². The Balaban J connectivity index is 1.62. The monoisotopic (exact) mass is 1130 g/mol. The number of hydrogen-bond acceptors (Lipinski definition) is 19. The highest BCUT2D eigenvalue weighted by Gasteiger charge is 2.58. The summed E-state index contributed by atoms with van der Waals surface area (Å²) in [7, 11) is 0. The molecule has 0 aliphatic carbocycles. The lowest BCUT2D eigenvalue weighted by Gasteiger charge is -2.51. The average Bonchev–Trinajstić information content (AvgIpc) is 4.08. The van der Waals surface area contributed by atoms with E-state index < -0.39 is 74.5 Å². The summed E-state index contributed by atoms with van der Waals surface area (Å²) in [5, 5.41) is 47.3. The summed E-state index contributed by atoms with van der Waals surface area (Å²) in [5.41, 5.74) is -1.62. The molecule has 4 heterocycles. The number of halogens is 2. The minimum Gasteiger partial charge on any atom is -0.396 e. The number of ether oxygens (including phenoxy) is 4.